The summed E-state index contributed by atoms with van der Waals surface area (Å²) >= 11 is -2.37. The molecule has 0 aliphatic carbocycles. The predicted molar refractivity (Wildman–Crippen MR) is 133 cm³/mol. The summed E-state index contributed by atoms with van der Waals surface area (Å²) in [5, 5.41) is 2.66. The van der Waals surface area contributed by atoms with Crippen LogP contribution in [0.5, 0.6) is 0 Å². The molecule has 31 heavy (non-hydrogen) atoms. The first-order chi connectivity index (χ1) is 15.0. The molecule has 1 aliphatic rings. The number of ether oxygens (including phenoxy) is 1. The molecule has 1 heterocycles. The molecule has 154 valence electrons. The molecule has 0 fully saturated rings. The molecular formula is C28H26NOSb. The summed E-state index contributed by atoms with van der Waals surface area (Å²) in [5.41, 5.74) is 2.28. The first kappa shape index (κ1) is 20.3. The molecule has 3 heteroatoms. The fourth-order valence-corrected chi connectivity index (χ4v) is 11.5. The van der Waals surface area contributed by atoms with Crippen LogP contribution in [0.2, 0.25) is 0 Å². The Balaban J connectivity index is 1.76. The average Bonchev–Trinajstić information content (AvgIpc) is 3.15. The van der Waals surface area contributed by atoms with Crippen LogP contribution in [0.3, 0.4) is 0 Å². The number of hydrogen-bond donors (Lipinski definition) is 0. The standard InChI is InChI=1S/C11H12NO.C10H7.C7H7.Sb/c1-11(2)8-13-10(12-11)9-6-4-3-5-7-9;1-2-6-10-8-4-3-7-9(10)5-1;1-7-5-3-2-4-6-7;/h3-6H,8H2,1-2H3;1-7H;3-6H,1H3;. The van der Waals surface area contributed by atoms with Crippen LogP contribution in [0.15, 0.2) is 96.0 Å². The van der Waals surface area contributed by atoms with Crippen LogP contribution >= 0.6 is 0 Å². The van der Waals surface area contributed by atoms with E-state index >= 15 is 0 Å². The summed E-state index contributed by atoms with van der Waals surface area (Å²) < 4.78 is 10.4. The minimum atomic E-state index is -2.37. The van der Waals surface area contributed by atoms with Gasteiger partial charge in [-0.05, 0) is 0 Å². The third-order valence-corrected chi connectivity index (χ3v) is 12.9. The molecule has 2 nitrogen and oxygen atoms in total. The summed E-state index contributed by atoms with van der Waals surface area (Å²) in [4.78, 5) is 4.92. The van der Waals surface area contributed by atoms with Crippen molar-refractivity contribution in [3.05, 3.63) is 102 Å². The third-order valence-electron chi connectivity index (χ3n) is 5.64. The summed E-state index contributed by atoms with van der Waals surface area (Å²) in [6.45, 7) is 7.05. The van der Waals surface area contributed by atoms with E-state index < -0.39 is 20.2 Å². The summed E-state index contributed by atoms with van der Waals surface area (Å²) in [7, 11) is 0. The zero-order chi connectivity index (χ0) is 21.4. The van der Waals surface area contributed by atoms with Gasteiger partial charge in [0.1, 0.15) is 0 Å². The fraction of sp³-hybridized carbons (Fsp3) is 0.179. The van der Waals surface area contributed by atoms with Gasteiger partial charge < -0.3 is 0 Å². The Morgan fingerprint density at radius 2 is 1.45 bits per heavy atom. The van der Waals surface area contributed by atoms with Gasteiger partial charge in [0, 0.05) is 0 Å². The molecule has 0 amide bonds. The van der Waals surface area contributed by atoms with Crippen molar-refractivity contribution in [2.75, 3.05) is 6.61 Å². The van der Waals surface area contributed by atoms with E-state index in [0.717, 1.165) is 11.5 Å². The van der Waals surface area contributed by atoms with Gasteiger partial charge in [0.2, 0.25) is 0 Å². The van der Waals surface area contributed by atoms with Gasteiger partial charge in [0.05, 0.1) is 0 Å². The van der Waals surface area contributed by atoms with Gasteiger partial charge in [0.15, 0.2) is 0 Å². The van der Waals surface area contributed by atoms with E-state index in [4.69, 9.17) is 9.73 Å². The van der Waals surface area contributed by atoms with Gasteiger partial charge in [-0.25, -0.2) is 0 Å². The molecule has 0 atom stereocenters. The van der Waals surface area contributed by atoms with Crippen LogP contribution in [-0.4, -0.2) is 38.3 Å². The summed E-state index contributed by atoms with van der Waals surface area (Å²) in [5.74, 6) is 0.794. The number of fused-ring (bicyclic) bond motifs is 1. The fourth-order valence-electron chi connectivity index (χ4n) is 4.08. The van der Waals surface area contributed by atoms with E-state index in [9.17, 15) is 0 Å². The van der Waals surface area contributed by atoms with Crippen molar-refractivity contribution in [1.82, 2.24) is 0 Å². The molecule has 4 aromatic carbocycles. The molecule has 4 aromatic rings. The zero-order valence-electron chi connectivity index (χ0n) is 18.2. The molecule has 0 saturated heterocycles. The van der Waals surface area contributed by atoms with Crippen molar-refractivity contribution >= 4 is 47.4 Å². The number of benzene rings is 4. The van der Waals surface area contributed by atoms with Crippen molar-refractivity contribution in [2.24, 2.45) is 4.99 Å². The summed E-state index contributed by atoms with van der Waals surface area (Å²) in [6.07, 6.45) is 0. The minimum absolute atomic E-state index is 0.173. The van der Waals surface area contributed by atoms with E-state index in [2.05, 4.69) is 112 Å². The van der Waals surface area contributed by atoms with E-state index in [1.54, 1.807) is 0 Å². The first-order valence-electron chi connectivity index (χ1n) is 10.7. The van der Waals surface area contributed by atoms with Crippen LogP contribution in [0.25, 0.3) is 10.8 Å². The maximum atomic E-state index is 6.10. The number of aliphatic imine (C=N–C) groups is 1. The number of nitrogens with zero attached hydrogens (tertiary/aromatic N) is 1. The second kappa shape index (κ2) is 8.17. The monoisotopic (exact) mass is 513 g/mol. The van der Waals surface area contributed by atoms with E-state index in [1.807, 2.05) is 0 Å². The summed E-state index contributed by atoms with van der Waals surface area (Å²) in [6, 6.07) is 33.4. The molecule has 0 spiro atoms. The molecule has 1 aliphatic heterocycles. The third kappa shape index (κ3) is 4.02. The number of hydrogen-bond acceptors (Lipinski definition) is 2. The molecule has 0 bridgehead atoms. The van der Waals surface area contributed by atoms with Gasteiger partial charge in [-0.2, -0.15) is 0 Å². The topological polar surface area (TPSA) is 21.6 Å². The Labute approximate surface area is 191 Å². The van der Waals surface area contributed by atoms with Crippen molar-refractivity contribution < 1.29 is 4.74 Å². The molecule has 0 aromatic heterocycles. The second-order valence-corrected chi connectivity index (χ2v) is 14.8. The van der Waals surface area contributed by atoms with E-state index in [-0.39, 0.29) is 5.54 Å². The Bertz CT molecular complexity index is 1270. The van der Waals surface area contributed by atoms with Crippen LogP contribution in [0.1, 0.15) is 25.0 Å². The average molecular weight is 514 g/mol. The molecule has 0 N–H and O–H groups in total. The second-order valence-electron chi connectivity index (χ2n) is 8.70. The predicted octanol–water partition coefficient (Wildman–Crippen LogP) is 4.22. The Kier molecular flexibility index (Phi) is 5.36. The normalized spacial score (nSPS) is 15.2. The molecule has 0 saturated carbocycles. The Hall–Kier alpha value is -2.57. The molecule has 5 rings (SSSR count). The van der Waals surface area contributed by atoms with Crippen LogP contribution in [0, 0.1) is 6.92 Å². The van der Waals surface area contributed by atoms with Crippen LogP contribution < -0.4 is 10.5 Å². The van der Waals surface area contributed by atoms with Crippen molar-refractivity contribution in [3.63, 3.8) is 0 Å². The van der Waals surface area contributed by atoms with Gasteiger partial charge in [0.25, 0.3) is 0 Å². The van der Waals surface area contributed by atoms with Crippen LogP contribution in [0.4, 0.5) is 0 Å². The van der Waals surface area contributed by atoms with Gasteiger partial charge in [-0.3, -0.25) is 0 Å². The maximum absolute atomic E-state index is 6.10. The van der Waals surface area contributed by atoms with Crippen molar-refractivity contribution in [3.8, 4) is 0 Å². The molecule has 0 unspecified atom stereocenters. The molecule has 0 radical (unpaired) electrons. The number of aryl methyl sites for hydroxylation is 1. The van der Waals surface area contributed by atoms with Gasteiger partial charge >= 0.3 is 192 Å². The molecular weight excluding hydrogens is 488 g/mol. The van der Waals surface area contributed by atoms with Gasteiger partial charge in [-0.15, -0.1) is 0 Å². The SMILES string of the molecule is Cc1cc[c]([Sb]([c]2ccccc2C2=NC(C)(C)CO2)[c]2cccc3ccccc23)cc1. The van der Waals surface area contributed by atoms with Gasteiger partial charge in [-0.1, -0.05) is 0 Å². The van der Waals surface area contributed by atoms with E-state index in [0.29, 0.717) is 6.61 Å². The van der Waals surface area contributed by atoms with Crippen molar-refractivity contribution in [2.45, 2.75) is 26.3 Å². The first-order valence-corrected chi connectivity index (χ1v) is 14.5. The zero-order valence-corrected chi connectivity index (χ0v) is 20.7. The number of rotatable bonds is 4. The van der Waals surface area contributed by atoms with Crippen LogP contribution in [-0.2, 0) is 4.74 Å². The Morgan fingerprint density at radius 1 is 0.774 bits per heavy atom. The van der Waals surface area contributed by atoms with Crippen molar-refractivity contribution in [1.29, 1.82) is 0 Å². The van der Waals surface area contributed by atoms with E-state index in [1.165, 1.54) is 26.9 Å². The Morgan fingerprint density at radius 3 is 2.23 bits per heavy atom. The quantitative estimate of drug-likeness (QED) is 0.374.